The van der Waals surface area contributed by atoms with Gasteiger partial charge in [-0.05, 0) is 30.7 Å². The molecule has 0 saturated heterocycles. The van der Waals surface area contributed by atoms with Gasteiger partial charge in [-0.1, -0.05) is 63.4 Å². The van der Waals surface area contributed by atoms with Crippen LogP contribution in [-0.2, 0) is 5.41 Å². The van der Waals surface area contributed by atoms with Crippen LogP contribution in [-0.4, -0.2) is 6.04 Å². The van der Waals surface area contributed by atoms with Gasteiger partial charge in [0.25, 0.3) is 0 Å². The Hall–Kier alpha value is -0.860. The maximum atomic E-state index is 5.92. The van der Waals surface area contributed by atoms with E-state index in [-0.39, 0.29) is 5.41 Å². The van der Waals surface area contributed by atoms with Crippen LogP contribution in [0.2, 0.25) is 0 Å². The molecule has 1 atom stereocenters. The van der Waals surface area contributed by atoms with E-state index in [2.05, 4.69) is 49.6 Å². The molecule has 1 aliphatic carbocycles. The first-order chi connectivity index (χ1) is 9.19. The van der Waals surface area contributed by atoms with E-state index in [4.69, 9.17) is 5.84 Å². The van der Waals surface area contributed by atoms with Crippen molar-refractivity contribution in [3.63, 3.8) is 0 Å². The minimum Gasteiger partial charge on any atom is -0.271 e. The smallest absolute Gasteiger partial charge is 0.0309 e. The standard InChI is InChI=1S/C17H28N2/c1-14(2)13-16(19-18)17(11-7-4-8-12-17)15-9-5-3-6-10-15/h3,5-6,9-10,14,16,19H,4,7-8,11-13,18H2,1-2H3. The third-order valence-corrected chi connectivity index (χ3v) is 4.67. The van der Waals surface area contributed by atoms with Gasteiger partial charge in [0.2, 0.25) is 0 Å². The van der Waals surface area contributed by atoms with Crippen LogP contribution in [0.5, 0.6) is 0 Å². The van der Waals surface area contributed by atoms with Crippen LogP contribution in [0.25, 0.3) is 0 Å². The number of benzene rings is 1. The van der Waals surface area contributed by atoms with Crippen LogP contribution in [0.3, 0.4) is 0 Å². The molecule has 0 aliphatic heterocycles. The van der Waals surface area contributed by atoms with Crippen molar-refractivity contribution in [2.75, 3.05) is 0 Å². The molecule has 19 heavy (non-hydrogen) atoms. The van der Waals surface area contributed by atoms with Gasteiger partial charge in [-0.15, -0.1) is 0 Å². The van der Waals surface area contributed by atoms with E-state index < -0.39 is 0 Å². The van der Waals surface area contributed by atoms with Crippen molar-refractivity contribution in [1.82, 2.24) is 5.43 Å². The lowest BCUT2D eigenvalue weighted by Gasteiger charge is -2.44. The van der Waals surface area contributed by atoms with Crippen molar-refractivity contribution in [1.29, 1.82) is 0 Å². The summed E-state index contributed by atoms with van der Waals surface area (Å²) in [4.78, 5) is 0. The number of hydrazine groups is 1. The molecule has 1 unspecified atom stereocenters. The fourth-order valence-electron chi connectivity index (χ4n) is 3.72. The lowest BCUT2D eigenvalue weighted by Crippen LogP contribution is -2.52. The normalized spacial score (nSPS) is 20.4. The summed E-state index contributed by atoms with van der Waals surface area (Å²) in [7, 11) is 0. The second-order valence-electron chi connectivity index (χ2n) is 6.43. The van der Waals surface area contributed by atoms with Gasteiger partial charge < -0.3 is 0 Å². The van der Waals surface area contributed by atoms with E-state index in [1.165, 1.54) is 37.7 Å². The van der Waals surface area contributed by atoms with Gasteiger partial charge in [0.15, 0.2) is 0 Å². The molecule has 1 aromatic rings. The molecule has 1 aliphatic rings. The summed E-state index contributed by atoms with van der Waals surface area (Å²) in [6.07, 6.45) is 7.69. The predicted molar refractivity (Wildman–Crippen MR) is 81.8 cm³/mol. The number of nitrogens with one attached hydrogen (secondary N) is 1. The molecule has 0 aromatic heterocycles. The monoisotopic (exact) mass is 260 g/mol. The van der Waals surface area contributed by atoms with Gasteiger partial charge in [0.05, 0.1) is 0 Å². The van der Waals surface area contributed by atoms with E-state index in [1.807, 2.05) is 0 Å². The highest BCUT2D eigenvalue weighted by atomic mass is 15.2. The van der Waals surface area contributed by atoms with Crippen molar-refractivity contribution in [2.24, 2.45) is 11.8 Å². The molecule has 2 nitrogen and oxygen atoms in total. The van der Waals surface area contributed by atoms with Crippen LogP contribution < -0.4 is 11.3 Å². The number of hydrogen-bond acceptors (Lipinski definition) is 2. The fraction of sp³-hybridized carbons (Fsp3) is 0.647. The molecular weight excluding hydrogens is 232 g/mol. The van der Waals surface area contributed by atoms with Crippen LogP contribution >= 0.6 is 0 Å². The zero-order chi connectivity index (χ0) is 13.7. The molecule has 0 radical (unpaired) electrons. The highest BCUT2D eigenvalue weighted by Crippen LogP contribution is 2.43. The van der Waals surface area contributed by atoms with Gasteiger partial charge in [-0.3, -0.25) is 11.3 Å². The third kappa shape index (κ3) is 3.18. The number of rotatable bonds is 5. The summed E-state index contributed by atoms with van der Waals surface area (Å²) in [5.74, 6) is 6.59. The molecule has 106 valence electrons. The number of nitrogens with two attached hydrogens (primary N) is 1. The molecule has 0 amide bonds. The average Bonchev–Trinajstić information content (AvgIpc) is 2.46. The van der Waals surface area contributed by atoms with E-state index >= 15 is 0 Å². The first-order valence-electron chi connectivity index (χ1n) is 7.71. The Morgan fingerprint density at radius 1 is 1.11 bits per heavy atom. The lowest BCUT2D eigenvalue weighted by molar-refractivity contribution is 0.192. The summed E-state index contributed by atoms with van der Waals surface area (Å²) in [6, 6.07) is 11.4. The topological polar surface area (TPSA) is 38.0 Å². The Balaban J connectivity index is 2.33. The summed E-state index contributed by atoms with van der Waals surface area (Å²) in [6.45, 7) is 4.57. The van der Waals surface area contributed by atoms with E-state index in [1.54, 1.807) is 0 Å². The van der Waals surface area contributed by atoms with Crippen LogP contribution in [0.4, 0.5) is 0 Å². The van der Waals surface area contributed by atoms with E-state index in [0.29, 0.717) is 12.0 Å². The lowest BCUT2D eigenvalue weighted by atomic mass is 9.63. The Kier molecular flexibility index (Phi) is 5.00. The van der Waals surface area contributed by atoms with E-state index in [9.17, 15) is 0 Å². The summed E-state index contributed by atoms with van der Waals surface area (Å²) < 4.78 is 0. The Labute approximate surface area is 117 Å². The van der Waals surface area contributed by atoms with Crippen molar-refractivity contribution in [3.8, 4) is 0 Å². The minimum atomic E-state index is 0.235. The quantitative estimate of drug-likeness (QED) is 0.625. The maximum Gasteiger partial charge on any atom is 0.0309 e. The highest BCUT2D eigenvalue weighted by Gasteiger charge is 2.40. The van der Waals surface area contributed by atoms with Gasteiger partial charge >= 0.3 is 0 Å². The molecule has 1 fully saturated rings. The molecule has 1 aromatic carbocycles. The first-order valence-corrected chi connectivity index (χ1v) is 7.71. The Bertz CT molecular complexity index is 366. The largest absolute Gasteiger partial charge is 0.271 e. The van der Waals surface area contributed by atoms with Crippen molar-refractivity contribution < 1.29 is 0 Å². The van der Waals surface area contributed by atoms with Crippen LogP contribution in [0, 0.1) is 5.92 Å². The minimum absolute atomic E-state index is 0.235. The van der Waals surface area contributed by atoms with Crippen molar-refractivity contribution in [3.05, 3.63) is 35.9 Å². The third-order valence-electron chi connectivity index (χ3n) is 4.67. The van der Waals surface area contributed by atoms with Gasteiger partial charge in [-0.25, -0.2) is 0 Å². The molecule has 2 heteroatoms. The second-order valence-corrected chi connectivity index (χ2v) is 6.43. The first kappa shape index (κ1) is 14.5. The van der Waals surface area contributed by atoms with Crippen LogP contribution in [0.1, 0.15) is 57.9 Å². The highest BCUT2D eigenvalue weighted by molar-refractivity contribution is 5.28. The number of hydrogen-bond donors (Lipinski definition) is 2. The van der Waals surface area contributed by atoms with Gasteiger partial charge in [0.1, 0.15) is 0 Å². The van der Waals surface area contributed by atoms with Crippen LogP contribution in [0.15, 0.2) is 30.3 Å². The van der Waals surface area contributed by atoms with Crippen molar-refractivity contribution >= 4 is 0 Å². The zero-order valence-corrected chi connectivity index (χ0v) is 12.4. The van der Waals surface area contributed by atoms with Gasteiger partial charge in [-0.2, -0.15) is 0 Å². The Morgan fingerprint density at radius 2 is 1.74 bits per heavy atom. The molecule has 2 rings (SSSR count). The average molecular weight is 260 g/mol. The molecule has 0 heterocycles. The Morgan fingerprint density at radius 3 is 2.26 bits per heavy atom. The molecular formula is C17H28N2. The zero-order valence-electron chi connectivity index (χ0n) is 12.4. The second kappa shape index (κ2) is 6.53. The molecule has 0 bridgehead atoms. The van der Waals surface area contributed by atoms with Gasteiger partial charge in [0, 0.05) is 11.5 Å². The molecule has 3 N–H and O–H groups in total. The summed E-state index contributed by atoms with van der Waals surface area (Å²) >= 11 is 0. The fourth-order valence-corrected chi connectivity index (χ4v) is 3.72. The van der Waals surface area contributed by atoms with Crippen molar-refractivity contribution in [2.45, 2.75) is 63.8 Å². The predicted octanol–water partition coefficient (Wildman–Crippen LogP) is 3.77. The SMILES string of the molecule is CC(C)CC(NN)C1(c2ccccc2)CCCCC1. The molecule has 1 saturated carbocycles. The molecule has 0 spiro atoms. The summed E-state index contributed by atoms with van der Waals surface area (Å²) in [5, 5.41) is 0. The maximum absolute atomic E-state index is 5.92. The van der Waals surface area contributed by atoms with E-state index in [0.717, 1.165) is 6.42 Å². The summed E-state index contributed by atoms with van der Waals surface area (Å²) in [5.41, 5.74) is 4.85.